The summed E-state index contributed by atoms with van der Waals surface area (Å²) in [6.45, 7) is 11.2. The number of rotatable bonds is 26. The number of hydrogen-bond donors (Lipinski definition) is 0. The molecule has 0 saturated heterocycles. The molecule has 1 heterocycles. The summed E-state index contributed by atoms with van der Waals surface area (Å²) in [4.78, 5) is 0. The van der Waals surface area contributed by atoms with Crippen molar-refractivity contribution in [3.63, 3.8) is 0 Å². The van der Waals surface area contributed by atoms with Gasteiger partial charge in [-0.2, -0.15) is 0 Å². The standard InChI is InChI=1S/C42H66O2Si/c1-5-7-9-11-13-15-17-19-21-23-35-43-39-29-25-37(26-30-39)41-33-34-42(45(41,3)4)38-27-31-40(32-28-38)44-36-24-22-20-18-16-14-12-10-8-6-2/h25-34H,5-24,35-36H2,1-4H3. The highest BCUT2D eigenvalue weighted by molar-refractivity contribution is 7.09. The van der Waals surface area contributed by atoms with Crippen LogP contribution in [0.3, 0.4) is 0 Å². The maximum atomic E-state index is 6.09. The van der Waals surface area contributed by atoms with E-state index in [0.29, 0.717) is 0 Å². The molecule has 0 aromatic heterocycles. The minimum absolute atomic E-state index is 0.823. The molecular weight excluding hydrogens is 565 g/mol. The molecule has 2 nitrogen and oxygen atoms in total. The Morgan fingerprint density at radius 2 is 0.689 bits per heavy atom. The van der Waals surface area contributed by atoms with Gasteiger partial charge in [0, 0.05) is 0 Å². The summed E-state index contributed by atoms with van der Waals surface area (Å²) in [5, 5.41) is 3.00. The van der Waals surface area contributed by atoms with Crippen LogP contribution in [0.4, 0.5) is 0 Å². The molecule has 1 aliphatic heterocycles. The first-order chi connectivity index (χ1) is 22.1. The molecule has 0 radical (unpaired) electrons. The quantitative estimate of drug-likeness (QED) is 0.0760. The van der Waals surface area contributed by atoms with E-state index in [1.807, 2.05) is 0 Å². The van der Waals surface area contributed by atoms with E-state index < -0.39 is 8.07 Å². The van der Waals surface area contributed by atoms with E-state index in [2.05, 4.69) is 87.6 Å². The van der Waals surface area contributed by atoms with Crippen LogP contribution in [0.1, 0.15) is 153 Å². The van der Waals surface area contributed by atoms with Crippen molar-refractivity contribution in [3.05, 3.63) is 71.8 Å². The molecule has 0 atom stereocenters. The van der Waals surface area contributed by atoms with Gasteiger partial charge in [0.1, 0.15) is 19.6 Å². The Bertz CT molecular complexity index is 1010. The lowest BCUT2D eigenvalue weighted by Gasteiger charge is -2.26. The third-order valence-electron chi connectivity index (χ3n) is 9.63. The van der Waals surface area contributed by atoms with Gasteiger partial charge in [0.25, 0.3) is 0 Å². The van der Waals surface area contributed by atoms with Crippen molar-refractivity contribution in [2.75, 3.05) is 13.2 Å². The molecule has 0 N–H and O–H groups in total. The van der Waals surface area contributed by atoms with Crippen molar-refractivity contribution in [2.45, 2.75) is 155 Å². The van der Waals surface area contributed by atoms with E-state index >= 15 is 0 Å². The van der Waals surface area contributed by atoms with Crippen molar-refractivity contribution in [1.29, 1.82) is 0 Å². The van der Waals surface area contributed by atoms with Crippen molar-refractivity contribution in [2.24, 2.45) is 0 Å². The monoisotopic (exact) mass is 630 g/mol. The lowest BCUT2D eigenvalue weighted by molar-refractivity contribution is 0.304. The predicted octanol–water partition coefficient (Wildman–Crippen LogP) is 13.6. The normalized spacial score (nSPS) is 14.0. The molecule has 3 rings (SSSR count). The van der Waals surface area contributed by atoms with Crippen LogP contribution in [0.15, 0.2) is 60.7 Å². The first-order valence-electron chi connectivity index (χ1n) is 19.0. The van der Waals surface area contributed by atoms with E-state index in [9.17, 15) is 0 Å². The molecule has 0 unspecified atom stereocenters. The smallest absolute Gasteiger partial charge is 0.119 e. The van der Waals surface area contributed by atoms with E-state index in [4.69, 9.17) is 9.47 Å². The minimum atomic E-state index is -1.79. The molecule has 3 heteroatoms. The second-order valence-corrected chi connectivity index (χ2v) is 18.2. The highest BCUT2D eigenvalue weighted by Gasteiger charge is 2.35. The molecule has 0 aliphatic carbocycles. The SMILES string of the molecule is CCCCCCCCCCCCOc1ccc(C2=CC=C(c3ccc(OCCCCCCCCCCCC)cc3)[Si]2(C)C)cc1. The molecule has 2 aromatic rings. The van der Waals surface area contributed by atoms with Crippen LogP contribution < -0.4 is 9.47 Å². The maximum absolute atomic E-state index is 6.09. The third-order valence-corrected chi connectivity index (χ3v) is 13.2. The van der Waals surface area contributed by atoms with Crippen LogP contribution >= 0.6 is 0 Å². The molecule has 0 saturated carbocycles. The van der Waals surface area contributed by atoms with Crippen LogP contribution in [0, 0.1) is 0 Å². The molecule has 250 valence electrons. The molecule has 1 aliphatic rings. The summed E-state index contributed by atoms with van der Waals surface area (Å²) in [6, 6.07) is 17.7. The number of hydrogen-bond acceptors (Lipinski definition) is 2. The average Bonchev–Trinajstić information content (AvgIpc) is 3.37. The van der Waals surface area contributed by atoms with Gasteiger partial charge in [-0.1, -0.05) is 179 Å². The number of unbranched alkanes of at least 4 members (excludes halogenated alkanes) is 18. The number of allylic oxidation sites excluding steroid dienone is 2. The summed E-state index contributed by atoms with van der Waals surface area (Å²) >= 11 is 0. The Labute approximate surface area is 279 Å². The summed E-state index contributed by atoms with van der Waals surface area (Å²) in [5.74, 6) is 1.99. The number of benzene rings is 2. The summed E-state index contributed by atoms with van der Waals surface area (Å²) in [7, 11) is -1.79. The molecule has 0 bridgehead atoms. The summed E-state index contributed by atoms with van der Waals surface area (Å²) in [5.41, 5.74) is 2.67. The lowest BCUT2D eigenvalue weighted by atomic mass is 10.1. The van der Waals surface area contributed by atoms with Crippen molar-refractivity contribution >= 4 is 18.5 Å². The predicted molar refractivity (Wildman–Crippen MR) is 201 cm³/mol. The summed E-state index contributed by atoms with van der Waals surface area (Å²) < 4.78 is 12.2. The Balaban J connectivity index is 1.31. The average molecular weight is 631 g/mol. The third kappa shape index (κ3) is 13.9. The van der Waals surface area contributed by atoms with Crippen LogP contribution in [0.5, 0.6) is 11.5 Å². The van der Waals surface area contributed by atoms with Gasteiger partial charge in [0.15, 0.2) is 0 Å². The van der Waals surface area contributed by atoms with Gasteiger partial charge in [-0.3, -0.25) is 0 Å². The van der Waals surface area contributed by atoms with E-state index in [1.54, 1.807) is 0 Å². The molecule has 0 amide bonds. The van der Waals surface area contributed by atoms with E-state index in [0.717, 1.165) is 37.6 Å². The van der Waals surface area contributed by atoms with Gasteiger partial charge in [-0.05, 0) is 58.6 Å². The van der Waals surface area contributed by atoms with Gasteiger partial charge in [0.05, 0.1) is 13.2 Å². The molecular formula is C42H66O2Si. The zero-order chi connectivity index (χ0) is 32.0. The maximum Gasteiger partial charge on any atom is 0.119 e. The van der Waals surface area contributed by atoms with Gasteiger partial charge in [0.2, 0.25) is 0 Å². The second kappa shape index (κ2) is 22.3. The Morgan fingerprint density at radius 3 is 1.00 bits per heavy atom. The molecule has 0 spiro atoms. The Morgan fingerprint density at radius 1 is 0.400 bits per heavy atom. The van der Waals surface area contributed by atoms with Crippen molar-refractivity contribution in [1.82, 2.24) is 0 Å². The fraction of sp³-hybridized carbons (Fsp3) is 0.619. The van der Waals surface area contributed by atoms with Gasteiger partial charge >= 0.3 is 0 Å². The zero-order valence-corrected chi connectivity index (χ0v) is 30.6. The van der Waals surface area contributed by atoms with Crippen LogP contribution in [0.25, 0.3) is 10.4 Å². The van der Waals surface area contributed by atoms with Crippen molar-refractivity contribution < 1.29 is 9.47 Å². The van der Waals surface area contributed by atoms with Gasteiger partial charge in [-0.25, -0.2) is 0 Å². The molecule has 0 fully saturated rings. The molecule has 45 heavy (non-hydrogen) atoms. The van der Waals surface area contributed by atoms with E-state index in [1.165, 1.54) is 137 Å². The first-order valence-corrected chi connectivity index (χ1v) is 22.0. The van der Waals surface area contributed by atoms with Gasteiger partial charge in [-0.15, -0.1) is 0 Å². The topological polar surface area (TPSA) is 18.5 Å². The summed E-state index contributed by atoms with van der Waals surface area (Å²) in [6.07, 6.45) is 31.8. The zero-order valence-electron chi connectivity index (χ0n) is 29.6. The fourth-order valence-electron chi connectivity index (χ4n) is 6.66. The number of ether oxygens (including phenoxy) is 2. The highest BCUT2D eigenvalue weighted by Crippen LogP contribution is 2.42. The largest absolute Gasteiger partial charge is 0.494 e. The van der Waals surface area contributed by atoms with E-state index in [-0.39, 0.29) is 0 Å². The lowest BCUT2D eigenvalue weighted by Crippen LogP contribution is -2.28. The fourth-order valence-corrected chi connectivity index (χ4v) is 9.73. The highest BCUT2D eigenvalue weighted by atomic mass is 28.3. The van der Waals surface area contributed by atoms with Crippen molar-refractivity contribution in [3.8, 4) is 11.5 Å². The Hall–Kier alpha value is -2.26. The van der Waals surface area contributed by atoms with Crippen LogP contribution in [-0.2, 0) is 0 Å². The van der Waals surface area contributed by atoms with Crippen LogP contribution in [-0.4, -0.2) is 21.3 Å². The Kier molecular flexibility index (Phi) is 18.4. The molecule has 2 aromatic carbocycles. The van der Waals surface area contributed by atoms with Crippen LogP contribution in [0.2, 0.25) is 13.1 Å². The minimum Gasteiger partial charge on any atom is -0.494 e. The second-order valence-electron chi connectivity index (χ2n) is 13.9. The van der Waals surface area contributed by atoms with Gasteiger partial charge < -0.3 is 9.47 Å². The first kappa shape index (κ1) is 37.2.